The van der Waals surface area contributed by atoms with Gasteiger partial charge in [0, 0.05) is 45.5 Å². The molecular weight excluding hydrogens is 505 g/mol. The van der Waals surface area contributed by atoms with Crippen molar-refractivity contribution in [1.29, 1.82) is 0 Å². The van der Waals surface area contributed by atoms with Gasteiger partial charge in [-0.05, 0) is 59.5 Å². The van der Waals surface area contributed by atoms with Crippen molar-refractivity contribution >= 4 is 33.4 Å². The highest BCUT2D eigenvalue weighted by molar-refractivity contribution is 6.31. The van der Waals surface area contributed by atoms with Crippen LogP contribution in [0.15, 0.2) is 97.1 Å². The number of rotatable bonds is 3. The van der Waals surface area contributed by atoms with Gasteiger partial charge in [-0.25, -0.2) is 0 Å². The molecule has 4 aromatic carbocycles. The lowest BCUT2D eigenvalue weighted by Gasteiger charge is -2.22. The number of fused-ring (bicyclic) bond motifs is 7. The highest BCUT2D eigenvalue weighted by Crippen LogP contribution is 2.47. The van der Waals surface area contributed by atoms with E-state index >= 15 is 0 Å². The molecule has 0 saturated heterocycles. The quantitative estimate of drug-likeness (QED) is 0.217. The Hall–Kier alpha value is -3.96. The molecule has 3 heterocycles. The molecule has 6 aromatic rings. The first-order chi connectivity index (χ1) is 18.4. The first kappa shape index (κ1) is 23.2. The van der Waals surface area contributed by atoms with E-state index < -0.39 is 11.7 Å². The van der Waals surface area contributed by atoms with Gasteiger partial charge in [-0.3, -0.25) is 0 Å². The normalized spacial score (nSPS) is 13.2. The van der Waals surface area contributed by atoms with Crippen molar-refractivity contribution in [1.82, 2.24) is 9.13 Å². The van der Waals surface area contributed by atoms with Crippen molar-refractivity contribution < 1.29 is 13.2 Å². The Morgan fingerprint density at radius 2 is 1.47 bits per heavy atom. The van der Waals surface area contributed by atoms with Gasteiger partial charge >= 0.3 is 6.18 Å². The Bertz CT molecular complexity index is 1830. The standard InChI is InChI=1S/C32H22ClF3N2/c33-23-14-15-28-26(18-23)24-16-17-37-27-9-5-4-8-25(27)29(21-6-2-1-3-7-21)31(37)30(24)38(28)19-20-10-12-22(13-11-20)32(34,35)36/h1-15,18H,16-17,19H2. The van der Waals surface area contributed by atoms with Gasteiger partial charge in [-0.15, -0.1) is 0 Å². The number of aromatic nitrogens is 2. The van der Waals surface area contributed by atoms with Crippen LogP contribution in [0.4, 0.5) is 13.2 Å². The number of aryl methyl sites for hydroxylation is 2. The highest BCUT2D eigenvalue weighted by atomic mass is 35.5. The molecule has 2 aromatic heterocycles. The molecule has 2 nitrogen and oxygen atoms in total. The van der Waals surface area contributed by atoms with E-state index in [0.717, 1.165) is 58.5 Å². The van der Waals surface area contributed by atoms with Gasteiger partial charge in [-0.1, -0.05) is 72.3 Å². The molecule has 6 heteroatoms. The van der Waals surface area contributed by atoms with Crippen molar-refractivity contribution in [2.24, 2.45) is 0 Å². The minimum atomic E-state index is -4.36. The number of nitrogens with zero attached hydrogens (tertiary/aromatic N) is 2. The lowest BCUT2D eigenvalue weighted by atomic mass is 9.96. The van der Waals surface area contributed by atoms with Crippen molar-refractivity contribution in [2.75, 3.05) is 0 Å². The fourth-order valence-electron chi connectivity index (χ4n) is 5.97. The molecule has 38 heavy (non-hydrogen) atoms. The molecule has 0 atom stereocenters. The summed E-state index contributed by atoms with van der Waals surface area (Å²) in [5.74, 6) is 0. The SMILES string of the molecule is FC(F)(F)c1ccc(Cn2c3c(c4cc(Cl)ccc42)CCn2c-3c(-c3ccccc3)c3ccccc32)cc1. The Kier molecular flexibility index (Phi) is 5.21. The topological polar surface area (TPSA) is 9.86 Å². The molecule has 0 saturated carbocycles. The predicted octanol–water partition coefficient (Wildman–Crippen LogP) is 9.21. The van der Waals surface area contributed by atoms with Gasteiger partial charge in [0.25, 0.3) is 0 Å². The lowest BCUT2D eigenvalue weighted by Crippen LogP contribution is -2.13. The summed E-state index contributed by atoms with van der Waals surface area (Å²) in [6, 6.07) is 30.3. The fraction of sp³-hybridized carbons (Fsp3) is 0.125. The van der Waals surface area contributed by atoms with Crippen LogP contribution in [0, 0.1) is 0 Å². The monoisotopic (exact) mass is 526 g/mol. The second-order valence-corrected chi connectivity index (χ2v) is 10.2. The van der Waals surface area contributed by atoms with Gasteiger partial charge < -0.3 is 9.13 Å². The van der Waals surface area contributed by atoms with E-state index in [1.165, 1.54) is 22.0 Å². The average molecular weight is 527 g/mol. The maximum Gasteiger partial charge on any atom is 0.416 e. The Labute approximate surface area is 222 Å². The summed E-state index contributed by atoms with van der Waals surface area (Å²) in [5, 5.41) is 2.95. The van der Waals surface area contributed by atoms with Crippen LogP contribution in [0.1, 0.15) is 16.7 Å². The third-order valence-corrected chi connectivity index (χ3v) is 7.83. The van der Waals surface area contributed by atoms with Gasteiger partial charge in [0.2, 0.25) is 0 Å². The maximum absolute atomic E-state index is 13.2. The molecule has 0 amide bonds. The number of benzene rings is 4. The summed E-state index contributed by atoms with van der Waals surface area (Å²) in [5.41, 5.74) is 8.14. The van der Waals surface area contributed by atoms with E-state index in [4.69, 9.17) is 11.6 Å². The third kappa shape index (κ3) is 3.57. The number of alkyl halides is 3. The molecule has 1 aliphatic heterocycles. The summed E-state index contributed by atoms with van der Waals surface area (Å²) >= 11 is 6.46. The summed E-state index contributed by atoms with van der Waals surface area (Å²) in [7, 11) is 0. The van der Waals surface area contributed by atoms with Crippen molar-refractivity contribution in [3.05, 3.63) is 119 Å². The second-order valence-electron chi connectivity index (χ2n) is 9.78. The number of hydrogen-bond donors (Lipinski definition) is 0. The van der Waals surface area contributed by atoms with Crippen LogP contribution in [-0.2, 0) is 25.7 Å². The summed E-state index contributed by atoms with van der Waals surface area (Å²) < 4.78 is 44.3. The molecule has 0 N–H and O–H groups in total. The van der Waals surface area contributed by atoms with E-state index in [-0.39, 0.29) is 0 Å². The predicted molar refractivity (Wildman–Crippen MR) is 148 cm³/mol. The first-order valence-corrected chi connectivity index (χ1v) is 12.9. The van der Waals surface area contributed by atoms with Crippen molar-refractivity contribution in [2.45, 2.75) is 25.7 Å². The van der Waals surface area contributed by atoms with Crippen molar-refractivity contribution in [3.8, 4) is 22.5 Å². The minimum absolute atomic E-state index is 0.446. The molecule has 0 spiro atoms. The van der Waals surface area contributed by atoms with Crippen LogP contribution in [0.3, 0.4) is 0 Å². The molecule has 0 radical (unpaired) electrons. The van der Waals surface area contributed by atoms with Crippen LogP contribution in [0.25, 0.3) is 44.3 Å². The summed E-state index contributed by atoms with van der Waals surface area (Å²) in [4.78, 5) is 0. The van der Waals surface area contributed by atoms with E-state index in [9.17, 15) is 13.2 Å². The average Bonchev–Trinajstić information content (AvgIpc) is 3.41. The number of hydrogen-bond acceptors (Lipinski definition) is 0. The summed E-state index contributed by atoms with van der Waals surface area (Å²) in [6.07, 6.45) is -3.52. The van der Waals surface area contributed by atoms with Crippen molar-refractivity contribution in [3.63, 3.8) is 0 Å². The van der Waals surface area contributed by atoms with Gasteiger partial charge in [0.15, 0.2) is 0 Å². The van der Waals surface area contributed by atoms with E-state index in [1.54, 1.807) is 12.1 Å². The van der Waals surface area contributed by atoms with Crippen LogP contribution in [0.5, 0.6) is 0 Å². The Morgan fingerprint density at radius 3 is 2.24 bits per heavy atom. The molecule has 7 rings (SSSR count). The van der Waals surface area contributed by atoms with Crippen LogP contribution in [-0.4, -0.2) is 9.13 Å². The molecule has 0 unspecified atom stereocenters. The summed E-state index contributed by atoms with van der Waals surface area (Å²) in [6.45, 7) is 1.28. The lowest BCUT2D eigenvalue weighted by molar-refractivity contribution is -0.137. The van der Waals surface area contributed by atoms with Gasteiger partial charge in [-0.2, -0.15) is 13.2 Å². The van der Waals surface area contributed by atoms with Gasteiger partial charge in [0.1, 0.15) is 0 Å². The van der Waals surface area contributed by atoms with E-state index in [2.05, 4.69) is 57.7 Å². The third-order valence-electron chi connectivity index (χ3n) is 7.60. The molecule has 1 aliphatic rings. The fourth-order valence-corrected chi connectivity index (χ4v) is 6.14. The molecule has 0 aliphatic carbocycles. The van der Waals surface area contributed by atoms with E-state index in [1.807, 2.05) is 24.3 Å². The Balaban J connectivity index is 1.52. The maximum atomic E-state index is 13.2. The minimum Gasteiger partial charge on any atom is -0.338 e. The zero-order chi connectivity index (χ0) is 26.0. The molecule has 0 fully saturated rings. The number of halogens is 4. The molecular formula is C32H22ClF3N2. The zero-order valence-corrected chi connectivity index (χ0v) is 21.0. The van der Waals surface area contributed by atoms with Crippen LogP contribution < -0.4 is 0 Å². The first-order valence-electron chi connectivity index (χ1n) is 12.5. The Morgan fingerprint density at radius 1 is 0.737 bits per heavy atom. The van der Waals surface area contributed by atoms with E-state index in [0.29, 0.717) is 11.6 Å². The highest BCUT2D eigenvalue weighted by Gasteiger charge is 2.32. The largest absolute Gasteiger partial charge is 0.416 e. The van der Waals surface area contributed by atoms with Crippen LogP contribution in [0.2, 0.25) is 5.02 Å². The van der Waals surface area contributed by atoms with Gasteiger partial charge in [0.05, 0.1) is 17.0 Å². The second kappa shape index (κ2) is 8.53. The molecule has 188 valence electrons. The smallest absolute Gasteiger partial charge is 0.338 e. The zero-order valence-electron chi connectivity index (χ0n) is 20.3. The molecule has 0 bridgehead atoms. The number of para-hydroxylation sites is 1. The van der Waals surface area contributed by atoms with Crippen LogP contribution >= 0.6 is 11.6 Å².